The summed E-state index contributed by atoms with van der Waals surface area (Å²) >= 11 is 1.52. The van der Waals surface area contributed by atoms with E-state index in [1.807, 2.05) is 39.1 Å². The van der Waals surface area contributed by atoms with Crippen LogP contribution in [-0.4, -0.2) is 32.0 Å². The standard InChI is InChI=1S/C23H28N4O2S/c1-14-8-9-17-18(11-24)23(30-19(17)10-14)26-21(29)13-27(4)12-20(28)25-22-15(2)6-5-7-16(22)3/h5-7,14H,8-10,12-13H2,1-4H3,(H,25,28)(H,26,29)/p+1/t14-/m1/s1. The molecule has 2 atom stereocenters. The van der Waals surface area contributed by atoms with E-state index in [4.69, 9.17) is 0 Å². The number of fused-ring (bicyclic) bond motifs is 1. The van der Waals surface area contributed by atoms with E-state index >= 15 is 0 Å². The van der Waals surface area contributed by atoms with Gasteiger partial charge in [-0.3, -0.25) is 9.59 Å². The number of aryl methyl sites for hydroxylation is 2. The Hall–Kier alpha value is -2.69. The molecule has 2 aromatic rings. The summed E-state index contributed by atoms with van der Waals surface area (Å²) in [6, 6.07) is 8.15. The van der Waals surface area contributed by atoms with Crippen molar-refractivity contribution in [2.45, 2.75) is 40.0 Å². The van der Waals surface area contributed by atoms with E-state index < -0.39 is 0 Å². The van der Waals surface area contributed by atoms with E-state index in [1.165, 1.54) is 16.2 Å². The number of anilines is 2. The van der Waals surface area contributed by atoms with Crippen molar-refractivity contribution in [3.63, 3.8) is 0 Å². The number of hydrogen-bond acceptors (Lipinski definition) is 4. The minimum atomic E-state index is -0.185. The first-order chi connectivity index (χ1) is 14.3. The Morgan fingerprint density at radius 3 is 2.47 bits per heavy atom. The molecule has 2 amide bonds. The predicted molar refractivity (Wildman–Crippen MR) is 120 cm³/mol. The summed E-state index contributed by atoms with van der Waals surface area (Å²) in [5, 5.41) is 16.1. The van der Waals surface area contributed by atoms with Crippen LogP contribution < -0.4 is 15.5 Å². The lowest BCUT2D eigenvalue weighted by molar-refractivity contribution is -0.862. The van der Waals surface area contributed by atoms with Gasteiger partial charge in [-0.05, 0) is 55.7 Å². The van der Waals surface area contributed by atoms with Gasteiger partial charge in [-0.25, -0.2) is 0 Å². The number of rotatable bonds is 6. The monoisotopic (exact) mass is 425 g/mol. The van der Waals surface area contributed by atoms with Crippen LogP contribution in [0.15, 0.2) is 18.2 Å². The lowest BCUT2D eigenvalue weighted by Gasteiger charge is -2.17. The molecule has 3 N–H and O–H groups in total. The SMILES string of the molecule is Cc1cccc(C)c1NC(=O)C[NH+](C)CC(=O)Nc1sc2c(c1C#N)CC[C@@H](C)C2. The van der Waals surface area contributed by atoms with Crippen LogP contribution >= 0.6 is 11.3 Å². The number of hydrogen-bond donors (Lipinski definition) is 3. The molecule has 6 nitrogen and oxygen atoms in total. The lowest BCUT2D eigenvalue weighted by atomic mass is 9.89. The molecule has 1 unspecified atom stereocenters. The number of thiophene rings is 1. The van der Waals surface area contributed by atoms with Crippen LogP contribution in [0.5, 0.6) is 0 Å². The molecule has 0 bridgehead atoms. The van der Waals surface area contributed by atoms with Crippen LogP contribution in [0.3, 0.4) is 0 Å². The molecule has 3 rings (SSSR count). The van der Waals surface area contributed by atoms with E-state index in [0.29, 0.717) is 16.5 Å². The molecule has 0 radical (unpaired) electrons. The van der Waals surface area contributed by atoms with Crippen LogP contribution in [0.4, 0.5) is 10.7 Å². The third-order valence-corrected chi connectivity index (χ3v) is 6.72. The van der Waals surface area contributed by atoms with E-state index in [2.05, 4.69) is 23.6 Å². The Morgan fingerprint density at radius 1 is 1.20 bits per heavy atom. The van der Waals surface area contributed by atoms with Crippen molar-refractivity contribution in [3.05, 3.63) is 45.3 Å². The summed E-state index contributed by atoms with van der Waals surface area (Å²) in [4.78, 5) is 27.0. The third kappa shape index (κ3) is 5.07. The van der Waals surface area contributed by atoms with Crippen molar-refractivity contribution in [2.75, 3.05) is 30.8 Å². The highest BCUT2D eigenvalue weighted by atomic mass is 32.1. The number of benzene rings is 1. The van der Waals surface area contributed by atoms with Crippen LogP contribution in [0.1, 0.15) is 40.5 Å². The molecule has 1 aromatic carbocycles. The Kier molecular flexibility index (Phi) is 6.91. The van der Waals surface area contributed by atoms with Gasteiger partial charge in [0, 0.05) is 10.6 Å². The Labute approximate surface area is 181 Å². The summed E-state index contributed by atoms with van der Waals surface area (Å²) in [5.41, 5.74) is 4.57. The molecule has 0 fully saturated rings. The minimum Gasteiger partial charge on any atom is -0.322 e. The molecule has 158 valence electrons. The second-order valence-electron chi connectivity index (χ2n) is 8.34. The van der Waals surface area contributed by atoms with E-state index in [1.54, 1.807) is 0 Å². The first-order valence-corrected chi connectivity index (χ1v) is 11.1. The number of quaternary nitrogens is 1. The number of nitrogens with zero attached hydrogens (tertiary/aromatic N) is 1. The molecule has 30 heavy (non-hydrogen) atoms. The van der Waals surface area contributed by atoms with Gasteiger partial charge in [0.2, 0.25) is 0 Å². The quantitative estimate of drug-likeness (QED) is 0.664. The van der Waals surface area contributed by atoms with Crippen molar-refractivity contribution < 1.29 is 14.5 Å². The molecular formula is C23H29N4O2S+. The molecular weight excluding hydrogens is 396 g/mol. The van der Waals surface area contributed by atoms with E-state index in [-0.39, 0.29) is 24.9 Å². The smallest absolute Gasteiger partial charge is 0.280 e. The Bertz CT molecular complexity index is 985. The third-order valence-electron chi connectivity index (χ3n) is 5.55. The normalized spacial score (nSPS) is 16.3. The highest BCUT2D eigenvalue weighted by Crippen LogP contribution is 2.39. The second kappa shape index (κ2) is 9.41. The van der Waals surface area contributed by atoms with Crippen LogP contribution in [0, 0.1) is 31.1 Å². The lowest BCUT2D eigenvalue weighted by Crippen LogP contribution is -3.11. The summed E-state index contributed by atoms with van der Waals surface area (Å²) in [7, 11) is 1.82. The van der Waals surface area contributed by atoms with Gasteiger partial charge in [-0.15, -0.1) is 11.3 Å². The zero-order valence-electron chi connectivity index (χ0n) is 18.0. The zero-order chi connectivity index (χ0) is 21.8. The van der Waals surface area contributed by atoms with Gasteiger partial charge in [-0.2, -0.15) is 5.26 Å². The molecule has 1 heterocycles. The van der Waals surface area contributed by atoms with Gasteiger partial charge in [0.1, 0.15) is 11.1 Å². The number of para-hydroxylation sites is 1. The van der Waals surface area contributed by atoms with Gasteiger partial charge in [0.05, 0.1) is 12.6 Å². The van der Waals surface area contributed by atoms with Crippen molar-refractivity contribution >= 4 is 33.8 Å². The molecule has 0 saturated heterocycles. The van der Waals surface area contributed by atoms with Gasteiger partial charge in [0.15, 0.2) is 13.1 Å². The fraction of sp³-hybridized carbons (Fsp3) is 0.435. The summed E-state index contributed by atoms with van der Waals surface area (Å²) in [6.45, 7) is 6.48. The maximum atomic E-state index is 12.5. The Morgan fingerprint density at radius 2 is 1.83 bits per heavy atom. The number of likely N-dealkylation sites (N-methyl/N-ethyl adjacent to an activating group) is 1. The average Bonchev–Trinajstić information content (AvgIpc) is 3.00. The molecule has 1 aliphatic rings. The maximum absolute atomic E-state index is 12.5. The number of amides is 2. The number of carbonyl (C=O) groups is 2. The van der Waals surface area contributed by atoms with E-state index in [0.717, 1.165) is 46.5 Å². The highest BCUT2D eigenvalue weighted by molar-refractivity contribution is 7.16. The van der Waals surface area contributed by atoms with Crippen molar-refractivity contribution in [2.24, 2.45) is 5.92 Å². The van der Waals surface area contributed by atoms with Crippen LogP contribution in [0.2, 0.25) is 0 Å². The summed E-state index contributed by atoms with van der Waals surface area (Å²) in [5.74, 6) is 0.295. The predicted octanol–water partition coefficient (Wildman–Crippen LogP) is 2.45. The summed E-state index contributed by atoms with van der Waals surface area (Å²) in [6.07, 6.45) is 2.94. The molecule has 7 heteroatoms. The first kappa shape index (κ1) is 22.0. The fourth-order valence-corrected chi connectivity index (χ4v) is 5.31. The molecule has 1 aliphatic carbocycles. The van der Waals surface area contributed by atoms with Crippen LogP contribution in [-0.2, 0) is 22.4 Å². The van der Waals surface area contributed by atoms with Gasteiger partial charge >= 0.3 is 0 Å². The van der Waals surface area contributed by atoms with Gasteiger partial charge in [0.25, 0.3) is 11.8 Å². The largest absolute Gasteiger partial charge is 0.322 e. The maximum Gasteiger partial charge on any atom is 0.280 e. The second-order valence-corrected chi connectivity index (χ2v) is 9.45. The van der Waals surface area contributed by atoms with Crippen molar-refractivity contribution in [1.82, 2.24) is 0 Å². The van der Waals surface area contributed by atoms with Crippen molar-refractivity contribution in [1.29, 1.82) is 5.26 Å². The number of nitriles is 1. The number of carbonyl (C=O) groups excluding carboxylic acids is 2. The molecule has 0 spiro atoms. The first-order valence-electron chi connectivity index (χ1n) is 10.3. The summed E-state index contributed by atoms with van der Waals surface area (Å²) < 4.78 is 0. The number of nitrogens with one attached hydrogen (secondary N) is 3. The Balaban J connectivity index is 1.58. The molecule has 0 saturated carbocycles. The zero-order valence-corrected chi connectivity index (χ0v) is 18.8. The van der Waals surface area contributed by atoms with Crippen LogP contribution in [0.25, 0.3) is 0 Å². The van der Waals surface area contributed by atoms with Gasteiger partial charge in [-0.1, -0.05) is 25.1 Å². The van der Waals surface area contributed by atoms with Crippen molar-refractivity contribution in [3.8, 4) is 6.07 Å². The fourth-order valence-electron chi connectivity index (χ4n) is 3.93. The average molecular weight is 426 g/mol. The minimum absolute atomic E-state index is 0.129. The van der Waals surface area contributed by atoms with E-state index in [9.17, 15) is 14.9 Å². The molecule has 0 aliphatic heterocycles. The van der Waals surface area contributed by atoms with Gasteiger partial charge < -0.3 is 15.5 Å². The highest BCUT2D eigenvalue weighted by Gasteiger charge is 2.25. The molecule has 1 aromatic heterocycles. The topological polar surface area (TPSA) is 86.4 Å².